The van der Waals surface area contributed by atoms with Gasteiger partial charge in [-0.05, 0) is 36.2 Å². The molecule has 2 heterocycles. The number of anilines is 3. The van der Waals surface area contributed by atoms with E-state index < -0.39 is 0 Å². The molecule has 4 rings (SSSR count). The van der Waals surface area contributed by atoms with Crippen LogP contribution < -0.4 is 10.2 Å². The van der Waals surface area contributed by atoms with Gasteiger partial charge in [0.1, 0.15) is 5.69 Å². The lowest BCUT2D eigenvalue weighted by atomic mass is 10.1. The van der Waals surface area contributed by atoms with Gasteiger partial charge >= 0.3 is 0 Å². The molecule has 1 aliphatic rings. The summed E-state index contributed by atoms with van der Waals surface area (Å²) in [6, 6.07) is 20.1. The molecule has 6 heteroatoms. The highest BCUT2D eigenvalue weighted by atomic mass is 16.2. The van der Waals surface area contributed by atoms with Gasteiger partial charge in [0.15, 0.2) is 0 Å². The van der Waals surface area contributed by atoms with Gasteiger partial charge in [-0.15, -0.1) is 0 Å². The molecular formula is C23H25N5O. The van der Waals surface area contributed by atoms with Crippen LogP contribution in [0.1, 0.15) is 23.0 Å². The molecule has 1 aliphatic heterocycles. The maximum absolute atomic E-state index is 13.0. The first-order chi connectivity index (χ1) is 14.2. The molecule has 0 radical (unpaired) electrons. The van der Waals surface area contributed by atoms with Crippen molar-refractivity contribution in [3.8, 4) is 0 Å². The first-order valence-corrected chi connectivity index (χ1v) is 10.0. The van der Waals surface area contributed by atoms with Gasteiger partial charge in [0.25, 0.3) is 5.91 Å². The molecule has 0 aliphatic carbocycles. The van der Waals surface area contributed by atoms with Crippen LogP contribution in [0.4, 0.5) is 17.3 Å². The summed E-state index contributed by atoms with van der Waals surface area (Å²) >= 11 is 0. The quantitative estimate of drug-likeness (QED) is 0.723. The van der Waals surface area contributed by atoms with Crippen molar-refractivity contribution in [2.45, 2.75) is 13.3 Å². The Labute approximate surface area is 171 Å². The van der Waals surface area contributed by atoms with Crippen molar-refractivity contribution in [1.29, 1.82) is 0 Å². The van der Waals surface area contributed by atoms with Crippen molar-refractivity contribution < 1.29 is 4.79 Å². The fraction of sp³-hybridized carbons (Fsp3) is 0.261. The zero-order chi connectivity index (χ0) is 20.1. The Bertz CT molecular complexity index is 968. The maximum atomic E-state index is 13.0. The predicted molar refractivity (Wildman–Crippen MR) is 116 cm³/mol. The van der Waals surface area contributed by atoms with E-state index in [2.05, 4.69) is 45.3 Å². The van der Waals surface area contributed by atoms with E-state index in [1.807, 2.05) is 41.3 Å². The molecule has 29 heavy (non-hydrogen) atoms. The van der Waals surface area contributed by atoms with E-state index >= 15 is 0 Å². The number of para-hydroxylation sites is 2. The predicted octanol–water partition coefficient (Wildman–Crippen LogP) is 3.75. The highest BCUT2D eigenvalue weighted by molar-refractivity contribution is 5.92. The van der Waals surface area contributed by atoms with Gasteiger partial charge in [0, 0.05) is 43.8 Å². The number of amides is 1. The Balaban J connectivity index is 1.43. The highest BCUT2D eigenvalue weighted by Crippen LogP contribution is 2.20. The molecule has 0 spiro atoms. The van der Waals surface area contributed by atoms with Gasteiger partial charge in [-0.3, -0.25) is 4.79 Å². The number of hydrogen-bond donors (Lipinski definition) is 1. The number of hydrogen-bond acceptors (Lipinski definition) is 5. The summed E-state index contributed by atoms with van der Waals surface area (Å²) in [5, 5.41) is 3.25. The third-order valence-corrected chi connectivity index (χ3v) is 5.21. The van der Waals surface area contributed by atoms with E-state index in [0.29, 0.717) is 24.7 Å². The molecule has 148 valence electrons. The molecular weight excluding hydrogens is 362 g/mol. The zero-order valence-corrected chi connectivity index (χ0v) is 16.6. The standard InChI is InChI=1S/C23H25N5O/c1-2-18-8-6-7-11-20(18)25-23-24-13-12-21(26-23)22(29)28-16-14-27(15-17-28)19-9-4-3-5-10-19/h3-13H,2,14-17H2,1H3,(H,24,25,26). The van der Waals surface area contributed by atoms with Crippen LogP contribution in [0, 0.1) is 0 Å². The van der Waals surface area contributed by atoms with Gasteiger partial charge in [-0.25, -0.2) is 9.97 Å². The molecule has 0 atom stereocenters. The fourth-order valence-electron chi connectivity index (χ4n) is 3.58. The second-order valence-electron chi connectivity index (χ2n) is 7.02. The summed E-state index contributed by atoms with van der Waals surface area (Å²) in [7, 11) is 0. The number of aryl methyl sites for hydroxylation is 1. The molecule has 1 fully saturated rings. The van der Waals surface area contributed by atoms with Crippen LogP contribution in [-0.4, -0.2) is 47.0 Å². The van der Waals surface area contributed by atoms with Crippen molar-refractivity contribution in [3.05, 3.63) is 78.1 Å². The number of nitrogens with one attached hydrogen (secondary N) is 1. The Hall–Kier alpha value is -3.41. The van der Waals surface area contributed by atoms with Crippen molar-refractivity contribution in [2.24, 2.45) is 0 Å². The van der Waals surface area contributed by atoms with E-state index in [0.717, 1.165) is 25.2 Å². The largest absolute Gasteiger partial charge is 0.368 e. The van der Waals surface area contributed by atoms with Crippen molar-refractivity contribution >= 4 is 23.2 Å². The second-order valence-corrected chi connectivity index (χ2v) is 7.02. The molecule has 1 amide bonds. The molecule has 6 nitrogen and oxygen atoms in total. The summed E-state index contributed by atoms with van der Waals surface area (Å²) in [6.07, 6.45) is 2.55. The first-order valence-electron chi connectivity index (χ1n) is 10.0. The SMILES string of the molecule is CCc1ccccc1Nc1nccc(C(=O)N2CCN(c3ccccc3)CC2)n1. The van der Waals surface area contributed by atoms with Gasteiger partial charge in [0.2, 0.25) is 5.95 Å². The Morgan fingerprint density at radius 3 is 2.45 bits per heavy atom. The van der Waals surface area contributed by atoms with Crippen LogP contribution in [0.2, 0.25) is 0 Å². The number of benzene rings is 2. The number of rotatable bonds is 5. The van der Waals surface area contributed by atoms with Crippen LogP contribution in [0.3, 0.4) is 0 Å². The van der Waals surface area contributed by atoms with Crippen molar-refractivity contribution in [2.75, 3.05) is 36.4 Å². The number of piperazine rings is 1. The summed E-state index contributed by atoms with van der Waals surface area (Å²) in [5.41, 5.74) is 3.77. The average molecular weight is 387 g/mol. The lowest BCUT2D eigenvalue weighted by Gasteiger charge is -2.36. The smallest absolute Gasteiger partial charge is 0.272 e. The summed E-state index contributed by atoms with van der Waals surface area (Å²) < 4.78 is 0. The molecule has 2 aromatic carbocycles. The highest BCUT2D eigenvalue weighted by Gasteiger charge is 2.23. The minimum Gasteiger partial charge on any atom is -0.368 e. The lowest BCUT2D eigenvalue weighted by molar-refractivity contribution is 0.0741. The molecule has 1 saturated heterocycles. The van der Waals surface area contributed by atoms with Crippen molar-refractivity contribution in [3.63, 3.8) is 0 Å². The molecule has 1 N–H and O–H groups in total. The van der Waals surface area contributed by atoms with E-state index in [-0.39, 0.29) is 5.91 Å². The van der Waals surface area contributed by atoms with Crippen LogP contribution >= 0.6 is 0 Å². The Morgan fingerprint density at radius 1 is 0.966 bits per heavy atom. The number of carbonyl (C=O) groups is 1. The second kappa shape index (κ2) is 8.73. The van der Waals surface area contributed by atoms with Crippen LogP contribution in [0.25, 0.3) is 0 Å². The third-order valence-electron chi connectivity index (χ3n) is 5.21. The minimum atomic E-state index is -0.0491. The summed E-state index contributed by atoms with van der Waals surface area (Å²) in [4.78, 5) is 25.9. The number of carbonyl (C=O) groups excluding carboxylic acids is 1. The molecule has 0 unspecified atom stereocenters. The van der Waals surface area contributed by atoms with Crippen molar-refractivity contribution in [1.82, 2.24) is 14.9 Å². The van der Waals surface area contributed by atoms with Crippen LogP contribution in [0.5, 0.6) is 0 Å². The Kier molecular flexibility index (Phi) is 5.70. The van der Waals surface area contributed by atoms with E-state index in [4.69, 9.17) is 0 Å². The maximum Gasteiger partial charge on any atom is 0.272 e. The molecule has 0 bridgehead atoms. The van der Waals surface area contributed by atoms with Gasteiger partial charge in [0.05, 0.1) is 0 Å². The summed E-state index contributed by atoms with van der Waals surface area (Å²) in [6.45, 7) is 5.10. The molecule has 1 aromatic heterocycles. The average Bonchev–Trinajstić information content (AvgIpc) is 2.80. The minimum absolute atomic E-state index is 0.0491. The Morgan fingerprint density at radius 2 is 1.69 bits per heavy atom. The van der Waals surface area contributed by atoms with Gasteiger partial charge in [-0.1, -0.05) is 43.3 Å². The van der Waals surface area contributed by atoms with E-state index in [1.165, 1.54) is 11.3 Å². The number of nitrogens with zero attached hydrogens (tertiary/aromatic N) is 4. The lowest BCUT2D eigenvalue weighted by Crippen LogP contribution is -2.49. The van der Waals surface area contributed by atoms with Gasteiger partial charge < -0.3 is 15.1 Å². The third kappa shape index (κ3) is 4.37. The summed E-state index contributed by atoms with van der Waals surface area (Å²) in [5.74, 6) is 0.395. The van der Waals surface area contributed by atoms with Crippen LogP contribution in [0.15, 0.2) is 66.9 Å². The normalized spacial score (nSPS) is 14.0. The zero-order valence-electron chi connectivity index (χ0n) is 16.6. The monoisotopic (exact) mass is 387 g/mol. The number of aromatic nitrogens is 2. The molecule has 3 aromatic rings. The van der Waals surface area contributed by atoms with E-state index in [1.54, 1.807) is 12.3 Å². The molecule has 0 saturated carbocycles. The van der Waals surface area contributed by atoms with Crippen LogP contribution in [-0.2, 0) is 6.42 Å². The van der Waals surface area contributed by atoms with Gasteiger partial charge in [-0.2, -0.15) is 0 Å². The topological polar surface area (TPSA) is 61.4 Å². The van der Waals surface area contributed by atoms with E-state index in [9.17, 15) is 4.79 Å². The first kappa shape index (κ1) is 18.9. The fourth-order valence-corrected chi connectivity index (χ4v) is 3.58.